The number of aromatic nitrogens is 1. The summed E-state index contributed by atoms with van der Waals surface area (Å²) in [6.07, 6.45) is 3.61. The van der Waals surface area contributed by atoms with Gasteiger partial charge in [-0.1, -0.05) is 12.8 Å². The smallest absolute Gasteiger partial charge is 0.270 e. The van der Waals surface area contributed by atoms with Crippen molar-refractivity contribution in [1.82, 2.24) is 9.88 Å². The van der Waals surface area contributed by atoms with Crippen LogP contribution in [0.4, 0.5) is 4.39 Å². The summed E-state index contributed by atoms with van der Waals surface area (Å²) in [4.78, 5) is 17.3. The Labute approximate surface area is 135 Å². The fourth-order valence-corrected chi connectivity index (χ4v) is 3.53. The molecule has 2 unspecified atom stereocenters. The van der Waals surface area contributed by atoms with Gasteiger partial charge in [0.05, 0.1) is 6.10 Å². The summed E-state index contributed by atoms with van der Waals surface area (Å²) in [5.74, 6) is -0.297. The third-order valence-electron chi connectivity index (χ3n) is 4.86. The number of benzene rings is 1. The van der Waals surface area contributed by atoms with Crippen molar-refractivity contribution in [2.75, 3.05) is 13.6 Å². The van der Waals surface area contributed by atoms with Gasteiger partial charge >= 0.3 is 0 Å². The van der Waals surface area contributed by atoms with E-state index in [9.17, 15) is 14.3 Å². The molecule has 1 saturated carbocycles. The molecule has 5 heteroatoms. The zero-order valence-electron chi connectivity index (χ0n) is 13.6. The van der Waals surface area contributed by atoms with Crippen molar-refractivity contribution in [2.45, 2.75) is 38.7 Å². The van der Waals surface area contributed by atoms with E-state index in [0.29, 0.717) is 17.8 Å². The van der Waals surface area contributed by atoms with E-state index in [1.54, 1.807) is 18.0 Å². The Morgan fingerprint density at radius 3 is 2.83 bits per heavy atom. The summed E-state index contributed by atoms with van der Waals surface area (Å²) in [5, 5.41) is 10.9. The van der Waals surface area contributed by atoms with Crippen molar-refractivity contribution < 1.29 is 14.3 Å². The number of rotatable bonds is 3. The van der Waals surface area contributed by atoms with Crippen LogP contribution >= 0.6 is 0 Å². The number of aryl methyl sites for hydroxylation is 1. The molecule has 2 N–H and O–H groups in total. The Morgan fingerprint density at radius 2 is 2.09 bits per heavy atom. The molecule has 1 fully saturated rings. The first-order valence-corrected chi connectivity index (χ1v) is 8.18. The molecule has 2 atom stereocenters. The van der Waals surface area contributed by atoms with Gasteiger partial charge in [-0.15, -0.1) is 0 Å². The van der Waals surface area contributed by atoms with E-state index in [1.807, 2.05) is 6.92 Å². The van der Waals surface area contributed by atoms with Gasteiger partial charge in [-0.2, -0.15) is 0 Å². The van der Waals surface area contributed by atoms with Crippen LogP contribution in [0.2, 0.25) is 0 Å². The maximum Gasteiger partial charge on any atom is 0.270 e. The monoisotopic (exact) mass is 318 g/mol. The number of aromatic amines is 1. The normalized spacial score (nSPS) is 21.6. The topological polar surface area (TPSA) is 56.3 Å². The Morgan fingerprint density at radius 1 is 1.35 bits per heavy atom. The summed E-state index contributed by atoms with van der Waals surface area (Å²) < 4.78 is 13.5. The van der Waals surface area contributed by atoms with Crippen molar-refractivity contribution in [3.8, 4) is 0 Å². The number of carbonyl (C=O) groups is 1. The van der Waals surface area contributed by atoms with Gasteiger partial charge in [0, 0.05) is 30.4 Å². The highest BCUT2D eigenvalue weighted by atomic mass is 19.1. The third-order valence-corrected chi connectivity index (χ3v) is 4.86. The molecule has 1 heterocycles. The Kier molecular flexibility index (Phi) is 4.39. The number of amides is 1. The predicted octanol–water partition coefficient (Wildman–Crippen LogP) is 3.24. The van der Waals surface area contributed by atoms with Gasteiger partial charge in [-0.3, -0.25) is 4.79 Å². The summed E-state index contributed by atoms with van der Waals surface area (Å²) in [7, 11) is 1.75. The molecule has 3 rings (SSSR count). The van der Waals surface area contributed by atoms with Crippen LogP contribution in [-0.2, 0) is 0 Å². The van der Waals surface area contributed by atoms with Crippen molar-refractivity contribution in [1.29, 1.82) is 0 Å². The summed E-state index contributed by atoms with van der Waals surface area (Å²) in [6.45, 7) is 2.37. The largest absolute Gasteiger partial charge is 0.393 e. The van der Waals surface area contributed by atoms with Crippen molar-refractivity contribution in [3.05, 3.63) is 35.3 Å². The van der Waals surface area contributed by atoms with Crippen LogP contribution in [0, 0.1) is 18.7 Å². The van der Waals surface area contributed by atoms with Gasteiger partial charge in [-0.25, -0.2) is 4.39 Å². The molecule has 1 amide bonds. The molecule has 1 aliphatic rings. The van der Waals surface area contributed by atoms with Crippen LogP contribution in [-0.4, -0.2) is 40.6 Å². The van der Waals surface area contributed by atoms with Gasteiger partial charge in [-0.05, 0) is 43.5 Å². The van der Waals surface area contributed by atoms with Gasteiger partial charge in [0.15, 0.2) is 0 Å². The van der Waals surface area contributed by atoms with Crippen LogP contribution in [0.25, 0.3) is 10.9 Å². The van der Waals surface area contributed by atoms with E-state index in [-0.39, 0.29) is 23.7 Å². The summed E-state index contributed by atoms with van der Waals surface area (Å²) >= 11 is 0. The fourth-order valence-electron chi connectivity index (χ4n) is 3.53. The van der Waals surface area contributed by atoms with Gasteiger partial charge in [0.2, 0.25) is 0 Å². The lowest BCUT2D eigenvalue weighted by Crippen LogP contribution is -2.38. The van der Waals surface area contributed by atoms with Crippen LogP contribution in [0.1, 0.15) is 41.7 Å². The number of halogens is 1. The standard InChI is InChI=1S/C18H23FN2O2/c1-11-7-13(19)8-15-14(11)9-16(20-15)18(23)21(2)10-12-5-3-4-6-17(12)22/h7-9,12,17,20,22H,3-6,10H2,1-2H3. The second-order valence-electron chi connectivity index (χ2n) is 6.66. The molecule has 23 heavy (non-hydrogen) atoms. The quantitative estimate of drug-likeness (QED) is 0.913. The Hall–Kier alpha value is -1.88. The molecule has 0 saturated heterocycles. The SMILES string of the molecule is Cc1cc(F)cc2[nH]c(C(=O)N(C)CC3CCCCC3O)cc12. The number of carbonyl (C=O) groups excluding carboxylic acids is 1. The highest BCUT2D eigenvalue weighted by Gasteiger charge is 2.26. The molecule has 2 aromatic rings. The number of aliphatic hydroxyl groups is 1. The molecule has 4 nitrogen and oxygen atoms in total. The average molecular weight is 318 g/mol. The van der Waals surface area contributed by atoms with Gasteiger partial charge < -0.3 is 15.0 Å². The van der Waals surface area contributed by atoms with Gasteiger partial charge in [0.1, 0.15) is 11.5 Å². The van der Waals surface area contributed by atoms with Crippen LogP contribution < -0.4 is 0 Å². The molecule has 0 aliphatic heterocycles. The minimum atomic E-state index is -0.321. The van der Waals surface area contributed by atoms with E-state index >= 15 is 0 Å². The minimum Gasteiger partial charge on any atom is -0.393 e. The molecule has 1 aromatic carbocycles. The highest BCUT2D eigenvalue weighted by molar-refractivity contribution is 5.98. The molecule has 0 bridgehead atoms. The molecule has 0 spiro atoms. The average Bonchev–Trinajstić information content (AvgIpc) is 2.93. The second kappa shape index (κ2) is 6.32. The lowest BCUT2D eigenvalue weighted by molar-refractivity contribution is 0.0449. The molecule has 124 valence electrons. The lowest BCUT2D eigenvalue weighted by Gasteiger charge is -2.31. The first-order chi connectivity index (χ1) is 11.0. The zero-order chi connectivity index (χ0) is 16.6. The van der Waals surface area contributed by atoms with E-state index in [1.165, 1.54) is 12.1 Å². The molecular formula is C18H23FN2O2. The number of aliphatic hydroxyl groups excluding tert-OH is 1. The van der Waals surface area contributed by atoms with Crippen LogP contribution in [0.3, 0.4) is 0 Å². The van der Waals surface area contributed by atoms with Crippen molar-refractivity contribution in [2.24, 2.45) is 5.92 Å². The van der Waals surface area contributed by atoms with Crippen LogP contribution in [0.5, 0.6) is 0 Å². The number of hydrogen-bond acceptors (Lipinski definition) is 2. The second-order valence-corrected chi connectivity index (χ2v) is 6.66. The van der Waals surface area contributed by atoms with E-state index < -0.39 is 0 Å². The number of nitrogens with zero attached hydrogens (tertiary/aromatic N) is 1. The minimum absolute atomic E-state index is 0.126. The van der Waals surface area contributed by atoms with Gasteiger partial charge in [0.25, 0.3) is 5.91 Å². The predicted molar refractivity (Wildman–Crippen MR) is 87.9 cm³/mol. The number of nitrogens with one attached hydrogen (secondary N) is 1. The third kappa shape index (κ3) is 3.24. The van der Waals surface area contributed by atoms with Crippen molar-refractivity contribution in [3.63, 3.8) is 0 Å². The Balaban J connectivity index is 1.78. The van der Waals surface area contributed by atoms with E-state index in [0.717, 1.165) is 36.6 Å². The highest BCUT2D eigenvalue weighted by Crippen LogP contribution is 2.26. The number of fused-ring (bicyclic) bond motifs is 1. The number of hydrogen-bond donors (Lipinski definition) is 2. The summed E-state index contributed by atoms with van der Waals surface area (Å²) in [5.41, 5.74) is 1.90. The lowest BCUT2D eigenvalue weighted by atomic mass is 9.86. The first kappa shape index (κ1) is 16.0. The zero-order valence-corrected chi connectivity index (χ0v) is 13.6. The first-order valence-electron chi connectivity index (χ1n) is 8.18. The maximum absolute atomic E-state index is 13.5. The van der Waals surface area contributed by atoms with E-state index in [4.69, 9.17) is 0 Å². The Bertz CT molecular complexity index is 725. The van der Waals surface area contributed by atoms with Crippen LogP contribution in [0.15, 0.2) is 18.2 Å². The molecular weight excluding hydrogens is 295 g/mol. The summed E-state index contributed by atoms with van der Waals surface area (Å²) in [6, 6.07) is 4.65. The fraction of sp³-hybridized carbons (Fsp3) is 0.500. The molecule has 1 aromatic heterocycles. The van der Waals surface area contributed by atoms with Crippen molar-refractivity contribution >= 4 is 16.8 Å². The molecule has 1 aliphatic carbocycles. The maximum atomic E-state index is 13.5. The number of H-pyrrole nitrogens is 1. The van der Waals surface area contributed by atoms with E-state index in [2.05, 4.69) is 4.98 Å². The molecule has 0 radical (unpaired) electrons.